The van der Waals surface area contributed by atoms with Gasteiger partial charge in [-0.3, -0.25) is 0 Å². The largest absolute Gasteiger partial charge is 0.377 e. The molecule has 2 N–H and O–H groups in total. The van der Waals surface area contributed by atoms with E-state index in [2.05, 4.69) is 36.1 Å². The van der Waals surface area contributed by atoms with Gasteiger partial charge in [-0.15, -0.1) is 0 Å². The number of ether oxygens (including phenoxy) is 1. The SMILES string of the molecule is CC1CN(c2ccccc2C(C)N)CCCO1. The second kappa shape index (κ2) is 5.52. The van der Waals surface area contributed by atoms with Crippen molar-refractivity contribution in [1.29, 1.82) is 0 Å². The summed E-state index contributed by atoms with van der Waals surface area (Å²) in [5.74, 6) is 0. The van der Waals surface area contributed by atoms with Crippen molar-refractivity contribution in [3.8, 4) is 0 Å². The molecule has 94 valence electrons. The molecule has 3 heteroatoms. The molecule has 1 saturated heterocycles. The molecule has 1 aliphatic rings. The van der Waals surface area contributed by atoms with Crippen molar-refractivity contribution in [2.75, 3.05) is 24.6 Å². The van der Waals surface area contributed by atoms with Crippen LogP contribution in [0.2, 0.25) is 0 Å². The van der Waals surface area contributed by atoms with Gasteiger partial charge < -0.3 is 15.4 Å². The number of rotatable bonds is 2. The number of nitrogens with two attached hydrogens (primary N) is 1. The van der Waals surface area contributed by atoms with Crippen molar-refractivity contribution in [3.63, 3.8) is 0 Å². The van der Waals surface area contributed by atoms with Crippen LogP contribution in [-0.4, -0.2) is 25.8 Å². The molecule has 17 heavy (non-hydrogen) atoms. The molecule has 0 amide bonds. The Morgan fingerprint density at radius 3 is 2.94 bits per heavy atom. The number of benzene rings is 1. The van der Waals surface area contributed by atoms with Crippen LogP contribution in [0.15, 0.2) is 24.3 Å². The molecule has 0 radical (unpaired) electrons. The van der Waals surface area contributed by atoms with Gasteiger partial charge in [0.1, 0.15) is 0 Å². The molecule has 0 saturated carbocycles. The molecule has 1 fully saturated rings. The molecular formula is C14H22N2O. The van der Waals surface area contributed by atoms with Crippen LogP contribution in [0.1, 0.15) is 31.9 Å². The van der Waals surface area contributed by atoms with Crippen LogP contribution in [0.4, 0.5) is 5.69 Å². The highest BCUT2D eigenvalue weighted by Crippen LogP contribution is 2.26. The summed E-state index contributed by atoms with van der Waals surface area (Å²) in [6.45, 7) is 7.03. The Labute approximate surface area is 104 Å². The topological polar surface area (TPSA) is 38.5 Å². The second-order valence-electron chi connectivity index (χ2n) is 4.83. The van der Waals surface area contributed by atoms with Gasteiger partial charge in [0.15, 0.2) is 0 Å². The van der Waals surface area contributed by atoms with Gasteiger partial charge in [0.25, 0.3) is 0 Å². The summed E-state index contributed by atoms with van der Waals surface area (Å²) in [7, 11) is 0. The van der Waals surface area contributed by atoms with E-state index < -0.39 is 0 Å². The van der Waals surface area contributed by atoms with E-state index in [9.17, 15) is 0 Å². The van der Waals surface area contributed by atoms with Crippen LogP contribution in [0.5, 0.6) is 0 Å². The molecule has 2 atom stereocenters. The maximum atomic E-state index is 6.04. The zero-order valence-electron chi connectivity index (χ0n) is 10.7. The molecule has 3 nitrogen and oxygen atoms in total. The van der Waals surface area contributed by atoms with Crippen LogP contribution in [0.25, 0.3) is 0 Å². The zero-order chi connectivity index (χ0) is 12.3. The predicted molar refractivity (Wildman–Crippen MR) is 71.3 cm³/mol. The van der Waals surface area contributed by atoms with Crippen molar-refractivity contribution >= 4 is 5.69 Å². The first-order valence-corrected chi connectivity index (χ1v) is 6.39. The van der Waals surface area contributed by atoms with E-state index in [4.69, 9.17) is 10.5 Å². The van der Waals surface area contributed by atoms with Crippen molar-refractivity contribution in [1.82, 2.24) is 0 Å². The van der Waals surface area contributed by atoms with Gasteiger partial charge >= 0.3 is 0 Å². The third kappa shape index (κ3) is 2.99. The maximum Gasteiger partial charge on any atom is 0.0721 e. The average molecular weight is 234 g/mol. The highest BCUT2D eigenvalue weighted by molar-refractivity contribution is 5.55. The number of nitrogens with zero attached hydrogens (tertiary/aromatic N) is 1. The average Bonchev–Trinajstić information content (AvgIpc) is 2.54. The number of hydrogen-bond donors (Lipinski definition) is 1. The van der Waals surface area contributed by atoms with E-state index in [0.29, 0.717) is 6.10 Å². The predicted octanol–water partition coefficient (Wildman–Crippen LogP) is 2.32. The molecular weight excluding hydrogens is 212 g/mol. The van der Waals surface area contributed by atoms with Crippen LogP contribution < -0.4 is 10.6 Å². The van der Waals surface area contributed by atoms with Crippen LogP contribution in [0.3, 0.4) is 0 Å². The van der Waals surface area contributed by atoms with Gasteiger partial charge in [0, 0.05) is 31.4 Å². The standard InChI is InChI=1S/C14H22N2O/c1-11-10-16(8-5-9-17-11)14-7-4-3-6-13(14)12(2)15/h3-4,6-7,11-12H,5,8-10,15H2,1-2H3. The lowest BCUT2D eigenvalue weighted by Crippen LogP contribution is -2.31. The summed E-state index contributed by atoms with van der Waals surface area (Å²) in [5, 5.41) is 0. The maximum absolute atomic E-state index is 6.04. The summed E-state index contributed by atoms with van der Waals surface area (Å²) < 4.78 is 5.68. The highest BCUT2D eigenvalue weighted by atomic mass is 16.5. The fourth-order valence-electron chi connectivity index (χ4n) is 2.37. The third-order valence-electron chi connectivity index (χ3n) is 3.22. The molecule has 1 heterocycles. The summed E-state index contributed by atoms with van der Waals surface area (Å²) in [6.07, 6.45) is 1.37. The molecule has 0 spiro atoms. The number of anilines is 1. The number of hydrogen-bond acceptors (Lipinski definition) is 3. The molecule has 1 aliphatic heterocycles. The fraction of sp³-hybridized carbons (Fsp3) is 0.571. The summed E-state index contributed by atoms with van der Waals surface area (Å²) in [5.41, 5.74) is 8.52. The summed E-state index contributed by atoms with van der Waals surface area (Å²) in [6, 6.07) is 8.50. The summed E-state index contributed by atoms with van der Waals surface area (Å²) in [4.78, 5) is 2.40. The van der Waals surface area contributed by atoms with Gasteiger partial charge in [-0.25, -0.2) is 0 Å². The van der Waals surface area contributed by atoms with Gasteiger partial charge in [-0.05, 0) is 31.9 Å². The highest BCUT2D eigenvalue weighted by Gasteiger charge is 2.18. The Bertz CT molecular complexity index is 365. The Kier molecular flexibility index (Phi) is 4.02. The second-order valence-corrected chi connectivity index (χ2v) is 4.83. The monoisotopic (exact) mass is 234 g/mol. The molecule has 1 aromatic rings. The first-order chi connectivity index (χ1) is 8.18. The van der Waals surface area contributed by atoms with E-state index in [-0.39, 0.29) is 6.04 Å². The first-order valence-electron chi connectivity index (χ1n) is 6.39. The lowest BCUT2D eigenvalue weighted by atomic mass is 10.1. The van der Waals surface area contributed by atoms with Crippen LogP contribution in [-0.2, 0) is 4.74 Å². The van der Waals surface area contributed by atoms with Crippen molar-refractivity contribution in [3.05, 3.63) is 29.8 Å². The molecule has 0 aliphatic carbocycles. The lowest BCUT2D eigenvalue weighted by Gasteiger charge is -2.27. The minimum absolute atomic E-state index is 0.0747. The van der Waals surface area contributed by atoms with E-state index in [1.54, 1.807) is 0 Å². The van der Waals surface area contributed by atoms with Gasteiger partial charge in [0.2, 0.25) is 0 Å². The van der Waals surface area contributed by atoms with E-state index >= 15 is 0 Å². The fourth-order valence-corrected chi connectivity index (χ4v) is 2.37. The molecule has 1 aromatic carbocycles. The van der Waals surface area contributed by atoms with E-state index in [1.165, 1.54) is 11.3 Å². The third-order valence-corrected chi connectivity index (χ3v) is 3.22. The summed E-state index contributed by atoms with van der Waals surface area (Å²) >= 11 is 0. The smallest absolute Gasteiger partial charge is 0.0721 e. The van der Waals surface area contributed by atoms with Gasteiger partial charge in [0.05, 0.1) is 6.10 Å². The van der Waals surface area contributed by atoms with E-state index in [0.717, 1.165) is 26.1 Å². The Balaban J connectivity index is 2.25. The van der Waals surface area contributed by atoms with Crippen molar-refractivity contribution in [2.45, 2.75) is 32.4 Å². The normalized spacial score (nSPS) is 23.2. The Morgan fingerprint density at radius 1 is 1.41 bits per heavy atom. The zero-order valence-corrected chi connectivity index (χ0v) is 10.7. The molecule has 0 aromatic heterocycles. The van der Waals surface area contributed by atoms with Gasteiger partial charge in [-0.1, -0.05) is 18.2 Å². The van der Waals surface area contributed by atoms with Crippen LogP contribution >= 0.6 is 0 Å². The molecule has 2 rings (SSSR count). The Morgan fingerprint density at radius 2 is 2.18 bits per heavy atom. The number of para-hydroxylation sites is 1. The first kappa shape index (κ1) is 12.4. The minimum atomic E-state index is 0.0747. The lowest BCUT2D eigenvalue weighted by molar-refractivity contribution is 0.0821. The van der Waals surface area contributed by atoms with Gasteiger partial charge in [-0.2, -0.15) is 0 Å². The quantitative estimate of drug-likeness (QED) is 0.853. The molecule has 2 unspecified atom stereocenters. The van der Waals surface area contributed by atoms with Crippen molar-refractivity contribution in [2.24, 2.45) is 5.73 Å². The van der Waals surface area contributed by atoms with Crippen LogP contribution in [0, 0.1) is 0 Å². The molecule has 0 bridgehead atoms. The minimum Gasteiger partial charge on any atom is -0.377 e. The Hall–Kier alpha value is -1.06. The van der Waals surface area contributed by atoms with Crippen molar-refractivity contribution < 1.29 is 4.74 Å². The van der Waals surface area contributed by atoms with E-state index in [1.807, 2.05) is 6.92 Å².